The van der Waals surface area contributed by atoms with E-state index in [9.17, 15) is 0 Å². The van der Waals surface area contributed by atoms with E-state index in [0.717, 1.165) is 39.2 Å². The van der Waals surface area contributed by atoms with Crippen molar-refractivity contribution in [3.63, 3.8) is 0 Å². The van der Waals surface area contributed by atoms with Crippen LogP contribution in [0, 0.1) is 6.92 Å². The molecule has 3 heterocycles. The quantitative estimate of drug-likeness (QED) is 0.565. The molecule has 0 spiro atoms. The van der Waals surface area contributed by atoms with Gasteiger partial charge in [0.1, 0.15) is 17.7 Å². The van der Waals surface area contributed by atoms with Crippen LogP contribution in [0.4, 0.5) is 0 Å². The Hall–Kier alpha value is -3.21. The summed E-state index contributed by atoms with van der Waals surface area (Å²) in [6.07, 6.45) is 3.43. The van der Waals surface area contributed by atoms with Gasteiger partial charge in [-0.15, -0.1) is 0 Å². The zero-order valence-electron chi connectivity index (χ0n) is 13.4. The molecule has 118 valence electrons. The fraction of sp³-hybridized carbons (Fsp3) is 0.105. The third kappa shape index (κ3) is 2.40. The van der Waals surface area contributed by atoms with Gasteiger partial charge in [-0.1, -0.05) is 11.2 Å². The molecule has 0 bridgehead atoms. The largest absolute Gasteiger partial charge is 0.497 e. The summed E-state index contributed by atoms with van der Waals surface area (Å²) in [5, 5.41) is 5.14. The number of pyridine rings is 2. The predicted octanol–water partition coefficient (Wildman–Crippen LogP) is 4.27. The highest BCUT2D eigenvalue weighted by atomic mass is 16.5. The summed E-state index contributed by atoms with van der Waals surface area (Å²) in [6.45, 7) is 1.95. The molecule has 0 amide bonds. The summed E-state index contributed by atoms with van der Waals surface area (Å²) < 4.78 is 10.6. The summed E-state index contributed by atoms with van der Waals surface area (Å²) in [5.41, 5.74) is 5.19. The maximum Gasteiger partial charge on any atom is 0.140 e. The van der Waals surface area contributed by atoms with Crippen LogP contribution in [-0.2, 0) is 0 Å². The molecule has 0 radical (unpaired) electrons. The Morgan fingerprint density at radius 2 is 1.96 bits per heavy atom. The molecule has 0 aliphatic carbocycles. The minimum Gasteiger partial charge on any atom is -0.497 e. The second kappa shape index (κ2) is 5.77. The van der Waals surface area contributed by atoms with E-state index in [0.29, 0.717) is 5.69 Å². The summed E-state index contributed by atoms with van der Waals surface area (Å²) in [7, 11) is 1.65. The molecule has 3 aromatic heterocycles. The van der Waals surface area contributed by atoms with Crippen molar-refractivity contribution in [2.75, 3.05) is 7.11 Å². The molecular weight excluding hydrogens is 302 g/mol. The number of methoxy groups -OCH3 is 1. The molecule has 0 aliphatic heterocycles. The zero-order chi connectivity index (χ0) is 16.5. The standard InChI is InChI=1S/C19H15N3O2/c1-12-4-3-5-18(21-12)19-16(11-24-22-19)14-8-9-20-17-7-6-13(23-2)10-15(14)17/h3-11H,1-2H3. The van der Waals surface area contributed by atoms with Crippen molar-refractivity contribution < 1.29 is 9.26 Å². The third-order valence-corrected chi connectivity index (χ3v) is 3.94. The molecule has 0 aliphatic rings. The van der Waals surface area contributed by atoms with Crippen molar-refractivity contribution in [3.05, 3.63) is 60.6 Å². The van der Waals surface area contributed by atoms with Crippen LogP contribution in [0.1, 0.15) is 5.69 Å². The molecule has 5 nitrogen and oxygen atoms in total. The van der Waals surface area contributed by atoms with E-state index in [2.05, 4.69) is 15.1 Å². The molecule has 0 N–H and O–H groups in total. The predicted molar refractivity (Wildman–Crippen MR) is 91.8 cm³/mol. The van der Waals surface area contributed by atoms with Crippen LogP contribution < -0.4 is 4.74 Å². The molecule has 4 aromatic rings. The fourth-order valence-electron chi connectivity index (χ4n) is 2.77. The van der Waals surface area contributed by atoms with Crippen LogP contribution in [0.2, 0.25) is 0 Å². The first kappa shape index (κ1) is 14.4. The summed E-state index contributed by atoms with van der Waals surface area (Å²) in [5.74, 6) is 0.781. The van der Waals surface area contributed by atoms with Crippen LogP contribution in [0.5, 0.6) is 5.75 Å². The van der Waals surface area contributed by atoms with Crippen molar-refractivity contribution in [1.29, 1.82) is 0 Å². The van der Waals surface area contributed by atoms with Crippen LogP contribution >= 0.6 is 0 Å². The van der Waals surface area contributed by atoms with E-state index in [-0.39, 0.29) is 0 Å². The number of hydrogen-bond donors (Lipinski definition) is 0. The second-order valence-electron chi connectivity index (χ2n) is 5.48. The molecular formula is C19H15N3O2. The Balaban J connectivity index is 1.95. The fourth-order valence-corrected chi connectivity index (χ4v) is 2.77. The highest BCUT2D eigenvalue weighted by molar-refractivity contribution is 5.98. The van der Waals surface area contributed by atoms with E-state index in [1.54, 1.807) is 19.6 Å². The number of hydrogen-bond acceptors (Lipinski definition) is 5. The molecule has 5 heteroatoms. The van der Waals surface area contributed by atoms with Gasteiger partial charge in [0.15, 0.2) is 0 Å². The van der Waals surface area contributed by atoms with Gasteiger partial charge in [0.2, 0.25) is 0 Å². The topological polar surface area (TPSA) is 61.0 Å². The first-order chi connectivity index (χ1) is 11.8. The van der Waals surface area contributed by atoms with E-state index in [1.165, 1.54) is 0 Å². The van der Waals surface area contributed by atoms with Crippen LogP contribution in [-0.4, -0.2) is 22.2 Å². The lowest BCUT2D eigenvalue weighted by Crippen LogP contribution is -1.90. The maximum atomic E-state index is 5.35. The minimum atomic E-state index is 0.717. The molecule has 4 rings (SSSR count). The van der Waals surface area contributed by atoms with Gasteiger partial charge < -0.3 is 9.26 Å². The normalized spacial score (nSPS) is 10.9. The molecule has 0 saturated carbocycles. The maximum absolute atomic E-state index is 5.35. The Morgan fingerprint density at radius 3 is 2.79 bits per heavy atom. The number of fused-ring (bicyclic) bond motifs is 1. The van der Waals surface area contributed by atoms with E-state index in [1.807, 2.05) is 49.4 Å². The minimum absolute atomic E-state index is 0.717. The van der Waals surface area contributed by atoms with Gasteiger partial charge in [0.25, 0.3) is 0 Å². The van der Waals surface area contributed by atoms with E-state index in [4.69, 9.17) is 9.26 Å². The lowest BCUT2D eigenvalue weighted by molar-refractivity contribution is 0.415. The number of nitrogens with zero attached hydrogens (tertiary/aromatic N) is 3. The van der Waals surface area contributed by atoms with Crippen molar-refractivity contribution in [1.82, 2.24) is 15.1 Å². The molecule has 0 atom stereocenters. The number of aromatic nitrogens is 3. The SMILES string of the molecule is COc1ccc2nccc(-c3conc3-c3cccc(C)n3)c2c1. The molecule has 1 aromatic carbocycles. The molecule has 0 fully saturated rings. The highest BCUT2D eigenvalue weighted by Gasteiger charge is 2.16. The lowest BCUT2D eigenvalue weighted by atomic mass is 10.0. The monoisotopic (exact) mass is 317 g/mol. The van der Waals surface area contributed by atoms with Gasteiger partial charge in [-0.2, -0.15) is 0 Å². The molecule has 0 saturated heterocycles. The first-order valence-electron chi connectivity index (χ1n) is 7.58. The number of aryl methyl sites for hydroxylation is 1. The van der Waals surface area contributed by atoms with Crippen LogP contribution in [0.25, 0.3) is 33.4 Å². The van der Waals surface area contributed by atoms with Gasteiger partial charge >= 0.3 is 0 Å². The molecule has 24 heavy (non-hydrogen) atoms. The average molecular weight is 317 g/mol. The van der Waals surface area contributed by atoms with Gasteiger partial charge in [-0.3, -0.25) is 9.97 Å². The second-order valence-corrected chi connectivity index (χ2v) is 5.48. The first-order valence-corrected chi connectivity index (χ1v) is 7.58. The summed E-state index contributed by atoms with van der Waals surface area (Å²) >= 11 is 0. The van der Waals surface area contributed by atoms with Gasteiger partial charge in [0, 0.05) is 17.3 Å². The Morgan fingerprint density at radius 1 is 1.04 bits per heavy atom. The van der Waals surface area contributed by atoms with Gasteiger partial charge in [0.05, 0.1) is 23.9 Å². The Kier molecular flexibility index (Phi) is 3.46. The van der Waals surface area contributed by atoms with Crippen LogP contribution in [0.3, 0.4) is 0 Å². The number of rotatable bonds is 3. The lowest BCUT2D eigenvalue weighted by Gasteiger charge is -2.07. The molecule has 0 unspecified atom stereocenters. The number of ether oxygens (including phenoxy) is 1. The van der Waals surface area contributed by atoms with Crippen molar-refractivity contribution in [2.45, 2.75) is 6.92 Å². The van der Waals surface area contributed by atoms with Crippen molar-refractivity contribution >= 4 is 10.9 Å². The highest BCUT2D eigenvalue weighted by Crippen LogP contribution is 2.35. The summed E-state index contributed by atoms with van der Waals surface area (Å²) in [6, 6.07) is 13.6. The Bertz CT molecular complexity index is 1020. The van der Waals surface area contributed by atoms with Crippen molar-refractivity contribution in [3.8, 4) is 28.3 Å². The smallest absolute Gasteiger partial charge is 0.140 e. The average Bonchev–Trinajstić information content (AvgIpc) is 3.10. The van der Waals surface area contributed by atoms with E-state index >= 15 is 0 Å². The Labute approximate surface area is 138 Å². The van der Waals surface area contributed by atoms with Gasteiger partial charge in [-0.25, -0.2) is 0 Å². The number of benzene rings is 1. The van der Waals surface area contributed by atoms with Crippen molar-refractivity contribution in [2.24, 2.45) is 0 Å². The third-order valence-electron chi connectivity index (χ3n) is 3.94. The summed E-state index contributed by atoms with van der Waals surface area (Å²) in [4.78, 5) is 8.97. The van der Waals surface area contributed by atoms with Crippen LogP contribution in [0.15, 0.2) is 59.4 Å². The van der Waals surface area contributed by atoms with E-state index < -0.39 is 0 Å². The van der Waals surface area contributed by atoms with Gasteiger partial charge in [-0.05, 0) is 48.9 Å². The zero-order valence-corrected chi connectivity index (χ0v) is 13.4.